The lowest BCUT2D eigenvalue weighted by Gasteiger charge is -2.23. The number of hydrogen-bond donors (Lipinski definition) is 4. The number of amides is 1. The number of carbonyl (C=O) groups is 2. The standard InChI is InChI=1S/C12H15N3O5S/c13-8-6-7(12(17)18)3-4-10(8)21(19,20)15-9-2-1-5-14-11(9)16/h3-4,6,9,15H,1-2,5,13H2,(H,14,16)(H,17,18). The highest BCUT2D eigenvalue weighted by Crippen LogP contribution is 2.21. The minimum atomic E-state index is -3.99. The molecule has 1 atom stereocenters. The lowest BCUT2D eigenvalue weighted by molar-refractivity contribution is -0.124. The average Bonchev–Trinajstić information content (AvgIpc) is 2.40. The van der Waals surface area contributed by atoms with Crippen LogP contribution in [-0.2, 0) is 14.8 Å². The molecule has 2 rings (SSSR count). The van der Waals surface area contributed by atoms with Crippen molar-refractivity contribution in [2.24, 2.45) is 0 Å². The SMILES string of the molecule is Nc1cc(C(=O)O)ccc1S(=O)(=O)NC1CCCNC1=O. The summed E-state index contributed by atoms with van der Waals surface area (Å²) >= 11 is 0. The number of nitrogens with two attached hydrogens (primary N) is 1. The molecule has 114 valence electrons. The Balaban J connectivity index is 2.27. The monoisotopic (exact) mass is 313 g/mol. The third kappa shape index (κ3) is 3.31. The van der Waals surface area contributed by atoms with Crippen molar-refractivity contribution in [3.8, 4) is 0 Å². The highest BCUT2D eigenvalue weighted by molar-refractivity contribution is 7.89. The van der Waals surface area contributed by atoms with Gasteiger partial charge in [0.15, 0.2) is 0 Å². The number of nitrogen functional groups attached to an aromatic ring is 1. The number of carbonyl (C=O) groups excluding carboxylic acids is 1. The van der Waals surface area contributed by atoms with Crippen molar-refractivity contribution in [1.82, 2.24) is 10.0 Å². The molecule has 0 aliphatic carbocycles. The lowest BCUT2D eigenvalue weighted by Crippen LogP contribution is -2.50. The summed E-state index contributed by atoms with van der Waals surface area (Å²) in [7, 11) is -3.99. The molecule has 21 heavy (non-hydrogen) atoms. The maximum Gasteiger partial charge on any atom is 0.335 e. The Labute approximate surface area is 121 Å². The predicted molar refractivity (Wildman–Crippen MR) is 74.2 cm³/mol. The molecule has 1 aliphatic rings. The van der Waals surface area contributed by atoms with Gasteiger partial charge in [-0.05, 0) is 31.0 Å². The van der Waals surface area contributed by atoms with E-state index in [0.717, 1.165) is 18.2 Å². The zero-order valence-corrected chi connectivity index (χ0v) is 11.8. The van der Waals surface area contributed by atoms with Crippen LogP contribution >= 0.6 is 0 Å². The van der Waals surface area contributed by atoms with Gasteiger partial charge < -0.3 is 16.2 Å². The second-order valence-corrected chi connectivity index (χ2v) is 6.35. The molecule has 8 nitrogen and oxygen atoms in total. The number of hydrogen-bond acceptors (Lipinski definition) is 5. The number of carboxylic acids is 1. The first kappa shape index (κ1) is 15.3. The van der Waals surface area contributed by atoms with Crippen LogP contribution in [0.2, 0.25) is 0 Å². The molecule has 0 radical (unpaired) electrons. The fourth-order valence-electron chi connectivity index (χ4n) is 2.06. The third-order valence-electron chi connectivity index (χ3n) is 3.13. The number of benzene rings is 1. The number of rotatable bonds is 4. The highest BCUT2D eigenvalue weighted by Gasteiger charge is 2.28. The first-order valence-electron chi connectivity index (χ1n) is 6.24. The Bertz CT molecular complexity index is 686. The minimum Gasteiger partial charge on any atom is -0.478 e. The molecule has 0 bridgehead atoms. The topological polar surface area (TPSA) is 139 Å². The van der Waals surface area contributed by atoms with Gasteiger partial charge in [0.2, 0.25) is 15.9 Å². The van der Waals surface area contributed by atoms with E-state index >= 15 is 0 Å². The number of sulfonamides is 1. The molecular formula is C12H15N3O5S. The molecule has 1 aromatic carbocycles. The fourth-order valence-corrected chi connectivity index (χ4v) is 3.40. The fraction of sp³-hybridized carbons (Fsp3) is 0.333. The van der Waals surface area contributed by atoms with Crippen LogP contribution in [-0.4, -0.2) is 38.0 Å². The van der Waals surface area contributed by atoms with Crippen molar-refractivity contribution in [3.05, 3.63) is 23.8 Å². The van der Waals surface area contributed by atoms with Crippen LogP contribution in [0.1, 0.15) is 23.2 Å². The number of piperidine rings is 1. The minimum absolute atomic E-state index is 0.109. The van der Waals surface area contributed by atoms with Gasteiger partial charge in [0.1, 0.15) is 10.9 Å². The van der Waals surface area contributed by atoms with E-state index in [0.29, 0.717) is 19.4 Å². The number of anilines is 1. The molecule has 0 saturated carbocycles. The van der Waals surface area contributed by atoms with Crippen molar-refractivity contribution in [2.45, 2.75) is 23.8 Å². The number of nitrogens with one attached hydrogen (secondary N) is 2. The quantitative estimate of drug-likeness (QED) is 0.554. The molecule has 0 spiro atoms. The van der Waals surface area contributed by atoms with Gasteiger partial charge in [-0.3, -0.25) is 4.79 Å². The van der Waals surface area contributed by atoms with Crippen LogP contribution < -0.4 is 15.8 Å². The van der Waals surface area contributed by atoms with E-state index in [1.54, 1.807) is 0 Å². The molecule has 1 heterocycles. The first-order chi connectivity index (χ1) is 9.81. The molecule has 1 amide bonds. The first-order valence-corrected chi connectivity index (χ1v) is 7.72. The Hall–Kier alpha value is -2.13. The molecule has 1 fully saturated rings. The van der Waals surface area contributed by atoms with Crippen molar-refractivity contribution < 1.29 is 23.1 Å². The largest absolute Gasteiger partial charge is 0.478 e. The van der Waals surface area contributed by atoms with E-state index in [2.05, 4.69) is 10.0 Å². The molecule has 1 saturated heterocycles. The lowest BCUT2D eigenvalue weighted by atomic mass is 10.1. The van der Waals surface area contributed by atoms with E-state index in [-0.39, 0.29) is 22.1 Å². The smallest absolute Gasteiger partial charge is 0.335 e. The molecule has 5 N–H and O–H groups in total. The van der Waals surface area contributed by atoms with Crippen molar-refractivity contribution in [3.63, 3.8) is 0 Å². The summed E-state index contributed by atoms with van der Waals surface area (Å²) in [5, 5.41) is 11.4. The Morgan fingerprint density at radius 1 is 1.43 bits per heavy atom. The van der Waals surface area contributed by atoms with Gasteiger partial charge in [-0.15, -0.1) is 0 Å². The maximum absolute atomic E-state index is 12.2. The van der Waals surface area contributed by atoms with Crippen LogP contribution in [0.3, 0.4) is 0 Å². The van der Waals surface area contributed by atoms with E-state index in [1.807, 2.05) is 0 Å². The second-order valence-electron chi connectivity index (χ2n) is 4.66. The summed E-state index contributed by atoms with van der Waals surface area (Å²) < 4.78 is 26.7. The van der Waals surface area contributed by atoms with E-state index in [9.17, 15) is 18.0 Å². The van der Waals surface area contributed by atoms with Crippen LogP contribution in [0.5, 0.6) is 0 Å². The van der Waals surface area contributed by atoms with Gasteiger partial charge in [-0.2, -0.15) is 4.72 Å². The third-order valence-corrected chi connectivity index (χ3v) is 4.67. The number of carboxylic acid groups (broad SMARTS) is 1. The van der Waals surface area contributed by atoms with Gasteiger partial charge in [0.25, 0.3) is 0 Å². The number of aromatic carboxylic acids is 1. The Kier molecular flexibility index (Phi) is 4.14. The van der Waals surface area contributed by atoms with E-state index in [1.165, 1.54) is 0 Å². The summed E-state index contributed by atoms with van der Waals surface area (Å²) in [5.74, 6) is -1.59. The zero-order chi connectivity index (χ0) is 15.6. The normalized spacial score (nSPS) is 19.0. The van der Waals surface area contributed by atoms with Crippen LogP contribution in [0.4, 0.5) is 5.69 Å². The van der Waals surface area contributed by atoms with Crippen molar-refractivity contribution in [1.29, 1.82) is 0 Å². The summed E-state index contributed by atoms with van der Waals surface area (Å²) in [6.45, 7) is 0.520. The molecular weight excluding hydrogens is 298 g/mol. The molecule has 1 aromatic rings. The Morgan fingerprint density at radius 2 is 2.14 bits per heavy atom. The van der Waals surface area contributed by atoms with E-state index in [4.69, 9.17) is 10.8 Å². The van der Waals surface area contributed by atoms with Crippen LogP contribution in [0.15, 0.2) is 23.1 Å². The van der Waals surface area contributed by atoms with Crippen molar-refractivity contribution in [2.75, 3.05) is 12.3 Å². The zero-order valence-electron chi connectivity index (χ0n) is 11.0. The summed E-state index contributed by atoms with van der Waals surface area (Å²) in [6.07, 6.45) is 1.07. The van der Waals surface area contributed by atoms with Crippen molar-refractivity contribution >= 4 is 27.6 Å². The molecule has 1 aliphatic heterocycles. The Morgan fingerprint density at radius 3 is 2.71 bits per heavy atom. The second kappa shape index (κ2) is 5.70. The molecule has 0 aromatic heterocycles. The summed E-state index contributed by atoms with van der Waals surface area (Å²) in [4.78, 5) is 22.1. The highest BCUT2D eigenvalue weighted by atomic mass is 32.2. The predicted octanol–water partition coefficient (Wildman–Crippen LogP) is -0.476. The average molecular weight is 313 g/mol. The summed E-state index contributed by atoms with van der Waals surface area (Å²) in [5.41, 5.74) is 5.31. The van der Waals surface area contributed by atoms with Gasteiger partial charge in [0.05, 0.1) is 11.3 Å². The maximum atomic E-state index is 12.2. The van der Waals surface area contributed by atoms with E-state index < -0.39 is 22.0 Å². The van der Waals surface area contributed by atoms with Gasteiger partial charge in [-0.1, -0.05) is 0 Å². The summed E-state index contributed by atoms with van der Waals surface area (Å²) in [6, 6.07) is 2.48. The molecule has 1 unspecified atom stereocenters. The van der Waals surface area contributed by atoms with Crippen LogP contribution in [0.25, 0.3) is 0 Å². The van der Waals surface area contributed by atoms with Gasteiger partial charge >= 0.3 is 5.97 Å². The van der Waals surface area contributed by atoms with Crippen LogP contribution in [0, 0.1) is 0 Å². The van der Waals surface area contributed by atoms with Gasteiger partial charge in [-0.25, -0.2) is 13.2 Å². The van der Waals surface area contributed by atoms with Gasteiger partial charge in [0, 0.05) is 6.54 Å². The molecule has 9 heteroatoms.